The van der Waals surface area contributed by atoms with E-state index in [1.54, 1.807) is 18.3 Å². The predicted octanol–water partition coefficient (Wildman–Crippen LogP) is 4.24. The zero-order chi connectivity index (χ0) is 20.4. The summed E-state index contributed by atoms with van der Waals surface area (Å²) in [5.74, 6) is 0. The number of carbonyl (C=O) groups is 2. The maximum Gasteiger partial charge on any atom is 0.411 e. The van der Waals surface area contributed by atoms with Crippen molar-refractivity contribution < 1.29 is 14.3 Å². The zero-order valence-corrected chi connectivity index (χ0v) is 16.1. The van der Waals surface area contributed by atoms with Crippen LogP contribution in [0.2, 0.25) is 0 Å². The molecule has 7 heteroatoms. The summed E-state index contributed by atoms with van der Waals surface area (Å²) in [6, 6.07) is 8.75. The van der Waals surface area contributed by atoms with E-state index in [2.05, 4.69) is 39.4 Å². The van der Waals surface area contributed by atoms with Crippen LogP contribution < -0.4 is 16.4 Å². The third kappa shape index (κ3) is 5.92. The summed E-state index contributed by atoms with van der Waals surface area (Å²) in [6.45, 7) is 2.13. The first-order chi connectivity index (χ1) is 13.6. The van der Waals surface area contributed by atoms with E-state index >= 15 is 0 Å². The number of nitrogens with two attached hydrogens (primary N) is 1. The number of aromatic nitrogens is 1. The van der Waals surface area contributed by atoms with Crippen molar-refractivity contribution in [2.75, 3.05) is 17.7 Å². The minimum Gasteiger partial charge on any atom is -0.453 e. The molecule has 2 rings (SSSR count). The number of hydrogen-bond acceptors (Lipinski definition) is 5. The highest BCUT2D eigenvalue weighted by Crippen LogP contribution is 2.31. The number of carbonyl (C=O) groups excluding carboxylic acids is 2. The number of methoxy groups -OCH3 is 1. The molecule has 28 heavy (non-hydrogen) atoms. The van der Waals surface area contributed by atoms with E-state index in [4.69, 9.17) is 5.73 Å². The molecule has 2 aromatic rings. The molecule has 0 unspecified atom stereocenters. The van der Waals surface area contributed by atoms with Crippen molar-refractivity contribution in [3.63, 3.8) is 0 Å². The Kier molecular flexibility index (Phi) is 8.17. The minimum absolute atomic E-state index is 0.212. The van der Waals surface area contributed by atoms with E-state index in [1.165, 1.54) is 7.11 Å². The molecule has 1 atom stereocenters. The van der Waals surface area contributed by atoms with E-state index < -0.39 is 6.09 Å². The van der Waals surface area contributed by atoms with Crippen LogP contribution >= 0.6 is 0 Å². The third-order valence-corrected chi connectivity index (χ3v) is 4.15. The number of anilines is 2. The Morgan fingerprint density at radius 3 is 2.82 bits per heavy atom. The first kappa shape index (κ1) is 21.1. The number of pyridine rings is 1. The number of benzene rings is 1. The lowest BCUT2D eigenvalue weighted by Crippen LogP contribution is -2.12. The number of nitrogens with zero attached hydrogens (tertiary/aromatic N) is 1. The second-order valence-corrected chi connectivity index (χ2v) is 6.21. The Bertz CT molecular complexity index is 836. The Morgan fingerprint density at radius 1 is 1.29 bits per heavy atom. The van der Waals surface area contributed by atoms with Gasteiger partial charge in [0.15, 0.2) is 0 Å². The smallest absolute Gasteiger partial charge is 0.411 e. The molecule has 7 nitrogen and oxygen atoms in total. The van der Waals surface area contributed by atoms with E-state index in [0.29, 0.717) is 24.2 Å². The van der Waals surface area contributed by atoms with Crippen LogP contribution in [0.1, 0.15) is 37.9 Å². The Balaban J connectivity index is 2.28. The first-order valence-corrected chi connectivity index (χ1v) is 9.15. The molecule has 0 fully saturated rings. The molecule has 0 saturated carbocycles. The monoisotopic (exact) mass is 382 g/mol. The molecule has 1 aromatic heterocycles. The van der Waals surface area contributed by atoms with Crippen molar-refractivity contribution in [2.24, 2.45) is 5.73 Å². The summed E-state index contributed by atoms with van der Waals surface area (Å²) < 4.78 is 4.59. The van der Waals surface area contributed by atoms with Gasteiger partial charge in [-0.05, 0) is 42.7 Å². The zero-order valence-electron chi connectivity index (χ0n) is 16.1. The Labute approximate surface area is 165 Å². The van der Waals surface area contributed by atoms with Gasteiger partial charge in [-0.25, -0.2) is 4.79 Å². The van der Waals surface area contributed by atoms with Gasteiger partial charge < -0.3 is 15.8 Å². The average molecular weight is 382 g/mol. The van der Waals surface area contributed by atoms with E-state index in [-0.39, 0.29) is 6.04 Å². The molecule has 2 amide bonds. The molecule has 4 N–H and O–H groups in total. The second-order valence-electron chi connectivity index (χ2n) is 6.21. The maximum absolute atomic E-state index is 11.4. The molecule has 0 aliphatic rings. The maximum atomic E-state index is 11.4. The van der Waals surface area contributed by atoms with Crippen molar-refractivity contribution in [3.05, 3.63) is 54.4 Å². The summed E-state index contributed by atoms with van der Waals surface area (Å²) in [6.07, 6.45) is 8.76. The molecule has 0 radical (unpaired) electrons. The van der Waals surface area contributed by atoms with Crippen molar-refractivity contribution in [1.29, 1.82) is 0 Å². The van der Waals surface area contributed by atoms with Crippen molar-refractivity contribution in [3.8, 4) is 11.1 Å². The molecule has 0 saturated heterocycles. The van der Waals surface area contributed by atoms with Gasteiger partial charge in [-0.15, -0.1) is 0 Å². The standard InChI is InChI=1S/C21H26N4O3/c1-3-4-5-6-7-18(22)20-12-15(10-11-23-20)17-9-8-16(25-21(27)28-2)13-19(17)24-14-26/h5-6,8-14,18H,3-4,7,22H2,1-2H3,(H,24,26)(H,25,27)/b6-5+/t18-/m0/s1. The summed E-state index contributed by atoms with van der Waals surface area (Å²) in [7, 11) is 1.29. The van der Waals surface area contributed by atoms with Gasteiger partial charge in [0.25, 0.3) is 0 Å². The van der Waals surface area contributed by atoms with Gasteiger partial charge in [-0.3, -0.25) is 15.1 Å². The minimum atomic E-state index is -0.585. The molecule has 0 aliphatic carbocycles. The summed E-state index contributed by atoms with van der Waals surface area (Å²) in [5.41, 5.74) is 9.76. The molecule has 1 heterocycles. The number of rotatable bonds is 9. The largest absolute Gasteiger partial charge is 0.453 e. The fourth-order valence-corrected chi connectivity index (χ4v) is 2.69. The van der Waals surface area contributed by atoms with Gasteiger partial charge in [-0.2, -0.15) is 0 Å². The van der Waals surface area contributed by atoms with E-state index in [1.807, 2.05) is 18.2 Å². The first-order valence-electron chi connectivity index (χ1n) is 9.15. The molecular weight excluding hydrogens is 356 g/mol. The van der Waals surface area contributed by atoms with Crippen LogP contribution in [0.5, 0.6) is 0 Å². The Hall–Kier alpha value is -3.19. The van der Waals surface area contributed by atoms with Crippen molar-refractivity contribution in [2.45, 2.75) is 32.2 Å². The van der Waals surface area contributed by atoms with Gasteiger partial charge in [0.2, 0.25) is 6.41 Å². The van der Waals surface area contributed by atoms with Crippen LogP contribution in [0.3, 0.4) is 0 Å². The molecule has 1 aromatic carbocycles. The van der Waals surface area contributed by atoms with Gasteiger partial charge >= 0.3 is 6.09 Å². The third-order valence-electron chi connectivity index (χ3n) is 4.15. The van der Waals surface area contributed by atoms with Crippen LogP contribution in [-0.4, -0.2) is 24.6 Å². The SMILES string of the molecule is CCC/C=C/C[C@H](N)c1cc(-c2ccc(NC(=O)OC)cc2NC=O)ccn1. The highest BCUT2D eigenvalue weighted by Gasteiger charge is 2.12. The van der Waals surface area contributed by atoms with Gasteiger partial charge in [0.1, 0.15) is 0 Å². The van der Waals surface area contributed by atoms with Crippen molar-refractivity contribution in [1.82, 2.24) is 4.98 Å². The van der Waals surface area contributed by atoms with Gasteiger partial charge in [-0.1, -0.05) is 31.6 Å². The van der Waals surface area contributed by atoms with E-state index in [0.717, 1.165) is 29.7 Å². The molecule has 0 aliphatic heterocycles. The topological polar surface area (TPSA) is 106 Å². The fraction of sp³-hybridized carbons (Fsp3) is 0.286. The lowest BCUT2D eigenvalue weighted by molar-refractivity contribution is -0.105. The quantitative estimate of drug-likeness (QED) is 0.444. The molecule has 148 valence electrons. The van der Waals surface area contributed by atoms with Crippen LogP contribution in [0.4, 0.5) is 16.2 Å². The number of hydrogen-bond donors (Lipinski definition) is 3. The average Bonchev–Trinajstić information content (AvgIpc) is 2.71. The molecule has 0 spiro atoms. The highest BCUT2D eigenvalue weighted by molar-refractivity contribution is 5.91. The van der Waals surface area contributed by atoms with Crippen LogP contribution in [0, 0.1) is 0 Å². The highest BCUT2D eigenvalue weighted by atomic mass is 16.5. The number of unbranched alkanes of at least 4 members (excludes halogenated alkanes) is 1. The summed E-state index contributed by atoms with van der Waals surface area (Å²) in [4.78, 5) is 26.8. The lowest BCUT2D eigenvalue weighted by Gasteiger charge is -2.14. The number of allylic oxidation sites excluding steroid dienone is 1. The van der Waals surface area contributed by atoms with Crippen LogP contribution in [-0.2, 0) is 9.53 Å². The number of nitrogens with one attached hydrogen (secondary N) is 2. The van der Waals surface area contributed by atoms with Gasteiger partial charge in [0.05, 0.1) is 24.5 Å². The molecule has 0 bridgehead atoms. The summed E-state index contributed by atoms with van der Waals surface area (Å²) >= 11 is 0. The van der Waals surface area contributed by atoms with E-state index in [9.17, 15) is 9.59 Å². The predicted molar refractivity (Wildman–Crippen MR) is 111 cm³/mol. The second kappa shape index (κ2) is 10.8. The Morgan fingerprint density at radius 2 is 2.11 bits per heavy atom. The molecular formula is C21H26N4O3. The fourth-order valence-electron chi connectivity index (χ4n) is 2.69. The summed E-state index contributed by atoms with van der Waals surface area (Å²) in [5, 5.41) is 5.24. The normalized spacial score (nSPS) is 11.8. The number of ether oxygens (including phenoxy) is 1. The lowest BCUT2D eigenvalue weighted by atomic mass is 10.0. The van der Waals surface area contributed by atoms with Crippen LogP contribution in [0.15, 0.2) is 48.7 Å². The number of amides is 2. The van der Waals surface area contributed by atoms with Gasteiger partial charge in [0, 0.05) is 17.4 Å². The van der Waals surface area contributed by atoms with Crippen molar-refractivity contribution >= 4 is 23.9 Å². The van der Waals surface area contributed by atoms with Crippen LogP contribution in [0.25, 0.3) is 11.1 Å².